The molecule has 51 heavy (non-hydrogen) atoms. The molecule has 242 valence electrons. The van der Waals surface area contributed by atoms with Gasteiger partial charge in [0.05, 0.1) is 28.9 Å². The molecule has 7 nitrogen and oxygen atoms in total. The normalized spacial score (nSPS) is 12.5. The standard InChI is InChI=1S/C43H25N3O4S/c1-47-36-22-25(42-44-29-10-4-6-12-34(29)49-42)14-18-31(36)46-32-19-15-26(43-45-30-11-5-7-13-35(30)50-43)23-37(32)48-40-33(46)20-17-28-39-27-9-3-2-8-24(27)16-21-38(39)51-41(28)40/h2-23H,1H3. The van der Waals surface area contributed by atoms with Crippen molar-refractivity contribution in [2.75, 3.05) is 12.0 Å². The lowest BCUT2D eigenvalue weighted by molar-refractivity contribution is 0.415. The van der Waals surface area contributed by atoms with Gasteiger partial charge in [-0.25, -0.2) is 9.97 Å². The number of ether oxygens (including phenoxy) is 2. The first kappa shape index (κ1) is 28.2. The fourth-order valence-corrected chi connectivity index (χ4v) is 8.45. The number of fused-ring (bicyclic) bond motifs is 10. The Labute approximate surface area is 294 Å². The van der Waals surface area contributed by atoms with Gasteiger partial charge < -0.3 is 18.3 Å². The second-order valence-electron chi connectivity index (χ2n) is 12.5. The van der Waals surface area contributed by atoms with Gasteiger partial charge in [-0.1, -0.05) is 60.7 Å². The lowest BCUT2D eigenvalue weighted by Crippen LogP contribution is -2.16. The van der Waals surface area contributed by atoms with Gasteiger partial charge >= 0.3 is 0 Å². The zero-order valence-electron chi connectivity index (χ0n) is 27.1. The van der Waals surface area contributed by atoms with Crippen molar-refractivity contribution >= 4 is 81.5 Å². The van der Waals surface area contributed by atoms with E-state index in [4.69, 9.17) is 28.3 Å². The van der Waals surface area contributed by atoms with Crippen LogP contribution in [0.4, 0.5) is 17.1 Å². The summed E-state index contributed by atoms with van der Waals surface area (Å²) in [5.41, 5.74) is 7.35. The van der Waals surface area contributed by atoms with Gasteiger partial charge in [0.2, 0.25) is 11.8 Å². The molecule has 8 heteroatoms. The molecule has 0 atom stereocenters. The van der Waals surface area contributed by atoms with Crippen molar-refractivity contribution in [2.24, 2.45) is 0 Å². The van der Waals surface area contributed by atoms with Crippen molar-refractivity contribution in [3.8, 4) is 40.2 Å². The minimum Gasteiger partial charge on any atom is -0.495 e. The summed E-state index contributed by atoms with van der Waals surface area (Å²) in [5, 5.41) is 4.82. The van der Waals surface area contributed by atoms with Gasteiger partial charge in [-0.05, 0) is 83.6 Å². The molecule has 3 aromatic heterocycles. The summed E-state index contributed by atoms with van der Waals surface area (Å²) in [6.07, 6.45) is 0. The fraction of sp³-hybridized carbons (Fsp3) is 0.0233. The molecular weight excluding hydrogens is 655 g/mol. The van der Waals surface area contributed by atoms with Gasteiger partial charge in [0.1, 0.15) is 16.8 Å². The number of benzene rings is 7. The number of hydrogen-bond donors (Lipinski definition) is 0. The van der Waals surface area contributed by atoms with Gasteiger partial charge in [0.25, 0.3) is 0 Å². The zero-order valence-corrected chi connectivity index (χ0v) is 27.9. The third kappa shape index (κ3) is 4.23. The summed E-state index contributed by atoms with van der Waals surface area (Å²) in [5.74, 6) is 3.20. The van der Waals surface area contributed by atoms with Crippen LogP contribution in [-0.4, -0.2) is 17.1 Å². The maximum Gasteiger partial charge on any atom is 0.227 e. The molecule has 0 bridgehead atoms. The molecule has 0 saturated heterocycles. The molecule has 0 saturated carbocycles. The molecule has 0 N–H and O–H groups in total. The van der Waals surface area contributed by atoms with Gasteiger partial charge in [0, 0.05) is 26.6 Å². The number of methoxy groups -OCH3 is 1. The Bertz CT molecular complexity index is 2960. The Kier molecular flexibility index (Phi) is 5.91. The van der Waals surface area contributed by atoms with Gasteiger partial charge in [-0.2, -0.15) is 0 Å². The predicted octanol–water partition coefficient (Wildman–Crippen LogP) is 12.4. The van der Waals surface area contributed by atoms with Crippen LogP contribution in [0.2, 0.25) is 0 Å². The van der Waals surface area contributed by atoms with Crippen molar-refractivity contribution in [1.29, 1.82) is 0 Å². The zero-order chi connectivity index (χ0) is 33.6. The average Bonchev–Trinajstić information content (AvgIpc) is 3.92. The Hall–Kier alpha value is -6.64. The molecule has 10 aromatic rings. The van der Waals surface area contributed by atoms with E-state index < -0.39 is 0 Å². The number of oxazole rings is 2. The molecular formula is C43H25N3O4S. The highest BCUT2D eigenvalue weighted by atomic mass is 32.1. The number of thiophene rings is 1. The van der Waals surface area contributed by atoms with Crippen LogP contribution in [-0.2, 0) is 0 Å². The Morgan fingerprint density at radius 1 is 0.608 bits per heavy atom. The first-order valence-electron chi connectivity index (χ1n) is 16.6. The first-order chi connectivity index (χ1) is 25.2. The SMILES string of the molecule is COc1cc(-c2nc3ccccc3o2)ccc1N1c2ccc(-c3nc4ccccc4o3)cc2Oc2c1ccc1c2sc2ccc3ccccc3c21. The Balaban J connectivity index is 1.13. The summed E-state index contributed by atoms with van der Waals surface area (Å²) < 4.78 is 27.6. The van der Waals surface area contributed by atoms with E-state index in [0.717, 1.165) is 66.2 Å². The minimum atomic E-state index is 0.533. The maximum atomic E-state index is 6.95. The van der Waals surface area contributed by atoms with E-state index >= 15 is 0 Å². The van der Waals surface area contributed by atoms with Crippen LogP contribution < -0.4 is 14.4 Å². The van der Waals surface area contributed by atoms with Crippen molar-refractivity contribution in [2.45, 2.75) is 0 Å². The molecule has 1 aliphatic heterocycles. The van der Waals surface area contributed by atoms with Crippen LogP contribution in [0.1, 0.15) is 0 Å². The highest BCUT2D eigenvalue weighted by Crippen LogP contribution is 2.57. The van der Waals surface area contributed by atoms with Crippen LogP contribution >= 0.6 is 11.3 Å². The van der Waals surface area contributed by atoms with Gasteiger partial charge in [-0.15, -0.1) is 11.3 Å². The number of para-hydroxylation sites is 4. The quantitative estimate of drug-likeness (QED) is 0.183. The molecule has 0 unspecified atom stereocenters. The van der Waals surface area contributed by atoms with Crippen molar-refractivity contribution < 1.29 is 18.3 Å². The molecule has 1 aliphatic rings. The molecule has 0 amide bonds. The van der Waals surface area contributed by atoms with Crippen LogP contribution in [0, 0.1) is 0 Å². The van der Waals surface area contributed by atoms with E-state index in [0.29, 0.717) is 23.3 Å². The van der Waals surface area contributed by atoms with Crippen LogP contribution in [0.3, 0.4) is 0 Å². The second-order valence-corrected chi connectivity index (χ2v) is 13.6. The lowest BCUT2D eigenvalue weighted by Gasteiger charge is -2.34. The highest BCUT2D eigenvalue weighted by molar-refractivity contribution is 7.26. The fourth-order valence-electron chi connectivity index (χ4n) is 7.25. The van der Waals surface area contributed by atoms with Crippen LogP contribution in [0.15, 0.2) is 142 Å². The summed E-state index contributed by atoms with van der Waals surface area (Å²) in [6, 6.07) is 45.0. The summed E-state index contributed by atoms with van der Waals surface area (Å²) in [4.78, 5) is 11.7. The number of rotatable bonds is 4. The van der Waals surface area contributed by atoms with Gasteiger partial charge in [-0.3, -0.25) is 4.90 Å². The molecule has 0 fully saturated rings. The Morgan fingerprint density at radius 3 is 2.02 bits per heavy atom. The Morgan fingerprint density at radius 2 is 1.27 bits per heavy atom. The molecule has 11 rings (SSSR count). The molecule has 4 heterocycles. The summed E-state index contributed by atoms with van der Waals surface area (Å²) in [6.45, 7) is 0. The molecule has 0 spiro atoms. The van der Waals surface area contributed by atoms with E-state index in [2.05, 4.69) is 65.6 Å². The lowest BCUT2D eigenvalue weighted by atomic mass is 10.0. The van der Waals surface area contributed by atoms with E-state index in [1.165, 1.54) is 20.9 Å². The number of nitrogens with zero attached hydrogens (tertiary/aromatic N) is 3. The van der Waals surface area contributed by atoms with E-state index in [1.807, 2.05) is 72.8 Å². The molecule has 7 aromatic carbocycles. The van der Waals surface area contributed by atoms with Crippen molar-refractivity contribution in [3.05, 3.63) is 133 Å². The summed E-state index contributed by atoms with van der Waals surface area (Å²) >= 11 is 1.74. The van der Waals surface area contributed by atoms with E-state index in [9.17, 15) is 0 Å². The van der Waals surface area contributed by atoms with Crippen LogP contribution in [0.25, 0.3) is 76.1 Å². The highest BCUT2D eigenvalue weighted by Gasteiger charge is 2.31. The largest absolute Gasteiger partial charge is 0.495 e. The number of hydrogen-bond acceptors (Lipinski definition) is 8. The first-order valence-corrected chi connectivity index (χ1v) is 17.4. The smallest absolute Gasteiger partial charge is 0.227 e. The predicted molar refractivity (Wildman–Crippen MR) is 204 cm³/mol. The van der Waals surface area contributed by atoms with E-state index in [-0.39, 0.29) is 0 Å². The number of aromatic nitrogens is 2. The van der Waals surface area contributed by atoms with Crippen molar-refractivity contribution in [1.82, 2.24) is 9.97 Å². The van der Waals surface area contributed by atoms with Gasteiger partial charge in [0.15, 0.2) is 22.7 Å². The second kappa shape index (κ2) is 10.7. The molecule has 0 aliphatic carbocycles. The molecule has 0 radical (unpaired) electrons. The maximum absolute atomic E-state index is 6.95. The van der Waals surface area contributed by atoms with E-state index in [1.54, 1.807) is 18.4 Å². The average molecular weight is 680 g/mol. The topological polar surface area (TPSA) is 73.8 Å². The minimum absolute atomic E-state index is 0.533. The third-order valence-corrected chi connectivity index (χ3v) is 10.8. The van der Waals surface area contributed by atoms with Crippen molar-refractivity contribution in [3.63, 3.8) is 0 Å². The number of anilines is 3. The monoisotopic (exact) mass is 679 g/mol. The van der Waals surface area contributed by atoms with Crippen LogP contribution in [0.5, 0.6) is 17.2 Å². The third-order valence-electron chi connectivity index (χ3n) is 9.62. The summed E-state index contributed by atoms with van der Waals surface area (Å²) in [7, 11) is 1.69.